The Bertz CT molecular complexity index is 565. The summed E-state index contributed by atoms with van der Waals surface area (Å²) in [6, 6.07) is 2.44. The Balaban J connectivity index is 2.14. The lowest BCUT2D eigenvalue weighted by molar-refractivity contribution is 0.576. The Morgan fingerprint density at radius 2 is 1.81 bits per heavy atom. The molecule has 4 heteroatoms. The number of aromatic nitrogens is 1. The van der Waals surface area contributed by atoms with Gasteiger partial charge in [0, 0.05) is 26.2 Å². The van der Waals surface area contributed by atoms with E-state index in [-0.39, 0.29) is 0 Å². The molecule has 1 aliphatic carbocycles. The molecule has 0 radical (unpaired) electrons. The zero-order valence-corrected chi connectivity index (χ0v) is 13.1. The number of anilines is 1. The van der Waals surface area contributed by atoms with Crippen molar-refractivity contribution in [2.24, 2.45) is 0 Å². The fraction of sp³-hybridized carbons (Fsp3) is 0.647. The van der Waals surface area contributed by atoms with E-state index >= 15 is 0 Å². The lowest BCUT2D eigenvalue weighted by Gasteiger charge is -2.33. The molecule has 0 bridgehead atoms. The van der Waals surface area contributed by atoms with Crippen LogP contribution >= 0.6 is 0 Å². The molecule has 0 aromatic carbocycles. The molecule has 1 fully saturated rings. The van der Waals surface area contributed by atoms with Gasteiger partial charge >= 0.3 is 0 Å². The van der Waals surface area contributed by atoms with E-state index in [2.05, 4.69) is 30.1 Å². The Morgan fingerprint density at radius 3 is 2.43 bits per heavy atom. The second kappa shape index (κ2) is 6.03. The first-order chi connectivity index (χ1) is 10.2. The van der Waals surface area contributed by atoms with Crippen LogP contribution in [0.4, 0.5) is 5.82 Å². The highest BCUT2D eigenvalue weighted by atomic mass is 15.2. The second-order valence-corrected chi connectivity index (χ2v) is 6.36. The van der Waals surface area contributed by atoms with Crippen LogP contribution in [0.3, 0.4) is 0 Å². The third-order valence-corrected chi connectivity index (χ3v) is 4.60. The molecule has 1 N–H and O–H groups in total. The maximum atomic E-state index is 9.61. The third-order valence-electron chi connectivity index (χ3n) is 4.60. The Labute approximate surface area is 127 Å². The van der Waals surface area contributed by atoms with Gasteiger partial charge in [0.1, 0.15) is 11.9 Å². The normalized spacial score (nSPS) is 18.5. The van der Waals surface area contributed by atoms with Crippen molar-refractivity contribution in [3.05, 3.63) is 22.4 Å². The van der Waals surface area contributed by atoms with Crippen LogP contribution in [0.1, 0.15) is 55.0 Å². The molecular formula is C17H24N4. The zero-order chi connectivity index (χ0) is 14.8. The van der Waals surface area contributed by atoms with Crippen molar-refractivity contribution in [2.45, 2.75) is 45.4 Å². The van der Waals surface area contributed by atoms with Crippen LogP contribution in [0.25, 0.3) is 0 Å². The largest absolute Gasteiger partial charge is 0.354 e. The first-order valence-corrected chi connectivity index (χ1v) is 8.13. The highest BCUT2D eigenvalue weighted by Crippen LogP contribution is 2.35. The number of hydrogen-bond acceptors (Lipinski definition) is 4. The van der Waals surface area contributed by atoms with E-state index in [1.165, 1.54) is 24.0 Å². The van der Waals surface area contributed by atoms with Gasteiger partial charge in [0.2, 0.25) is 0 Å². The topological polar surface area (TPSA) is 52.0 Å². The van der Waals surface area contributed by atoms with Crippen LogP contribution in [0.15, 0.2) is 0 Å². The first-order valence-electron chi connectivity index (χ1n) is 8.13. The molecule has 1 saturated heterocycles. The molecule has 1 aromatic heterocycles. The zero-order valence-electron chi connectivity index (χ0n) is 13.1. The van der Waals surface area contributed by atoms with E-state index in [9.17, 15) is 5.26 Å². The molecule has 0 spiro atoms. The van der Waals surface area contributed by atoms with E-state index in [1.807, 2.05) is 0 Å². The van der Waals surface area contributed by atoms with Crippen molar-refractivity contribution >= 4 is 5.82 Å². The van der Waals surface area contributed by atoms with Crippen LogP contribution in [0.5, 0.6) is 0 Å². The molecular weight excluding hydrogens is 260 g/mol. The van der Waals surface area contributed by atoms with Gasteiger partial charge in [-0.3, -0.25) is 0 Å². The average Bonchev–Trinajstić information content (AvgIpc) is 2.54. The van der Waals surface area contributed by atoms with Crippen LogP contribution in [0.2, 0.25) is 0 Å². The van der Waals surface area contributed by atoms with Gasteiger partial charge in [0.15, 0.2) is 0 Å². The van der Waals surface area contributed by atoms with Crippen molar-refractivity contribution in [1.82, 2.24) is 10.3 Å². The molecule has 4 nitrogen and oxygen atoms in total. The van der Waals surface area contributed by atoms with Crippen molar-refractivity contribution in [1.29, 1.82) is 5.26 Å². The fourth-order valence-electron chi connectivity index (χ4n) is 3.50. The number of nitrogens with one attached hydrogen (secondary N) is 1. The summed E-state index contributed by atoms with van der Waals surface area (Å²) in [4.78, 5) is 7.37. The number of nitriles is 1. The maximum absolute atomic E-state index is 9.61. The molecule has 1 aromatic rings. The number of rotatable bonds is 2. The summed E-state index contributed by atoms with van der Waals surface area (Å²) in [5.41, 5.74) is 4.49. The predicted octanol–water partition coefficient (Wildman–Crippen LogP) is 2.37. The van der Waals surface area contributed by atoms with Crippen molar-refractivity contribution in [2.75, 3.05) is 31.1 Å². The summed E-state index contributed by atoms with van der Waals surface area (Å²) < 4.78 is 0. The van der Waals surface area contributed by atoms with E-state index < -0.39 is 0 Å². The predicted molar refractivity (Wildman–Crippen MR) is 84.8 cm³/mol. The number of nitrogens with zero attached hydrogens (tertiary/aromatic N) is 3. The minimum atomic E-state index is 0.300. The Kier molecular flexibility index (Phi) is 4.12. The van der Waals surface area contributed by atoms with Gasteiger partial charge in [-0.25, -0.2) is 4.98 Å². The number of hydrogen-bond donors (Lipinski definition) is 1. The molecule has 2 aliphatic rings. The lowest BCUT2D eigenvalue weighted by atomic mass is 9.86. The van der Waals surface area contributed by atoms with Gasteiger partial charge in [-0.2, -0.15) is 5.26 Å². The molecule has 112 valence electrons. The van der Waals surface area contributed by atoms with Crippen molar-refractivity contribution < 1.29 is 0 Å². The molecule has 0 atom stereocenters. The van der Waals surface area contributed by atoms with Crippen molar-refractivity contribution in [3.8, 4) is 6.07 Å². The summed E-state index contributed by atoms with van der Waals surface area (Å²) in [5, 5.41) is 13.0. The quantitative estimate of drug-likeness (QED) is 0.906. The summed E-state index contributed by atoms with van der Waals surface area (Å²) >= 11 is 0. The van der Waals surface area contributed by atoms with Gasteiger partial charge in [-0.15, -0.1) is 0 Å². The number of pyridine rings is 1. The van der Waals surface area contributed by atoms with Gasteiger partial charge in [0.25, 0.3) is 0 Å². The van der Waals surface area contributed by atoms with Crippen molar-refractivity contribution in [3.63, 3.8) is 0 Å². The van der Waals surface area contributed by atoms with E-state index in [0.29, 0.717) is 5.92 Å². The summed E-state index contributed by atoms with van der Waals surface area (Å²) in [6.07, 6.45) is 4.54. The smallest absolute Gasteiger partial charge is 0.132 e. The van der Waals surface area contributed by atoms with Gasteiger partial charge in [-0.1, -0.05) is 13.8 Å². The van der Waals surface area contributed by atoms with E-state index in [1.54, 1.807) is 0 Å². The van der Waals surface area contributed by atoms with E-state index in [0.717, 1.165) is 56.1 Å². The van der Waals surface area contributed by atoms with Crippen LogP contribution in [-0.4, -0.2) is 31.2 Å². The standard InChI is InChI=1S/C17H24N4/c1-12(2)16-15(11-18)13-5-3-4-6-14(13)17(20-16)21-9-7-19-8-10-21/h12,19H,3-10H2,1-2H3. The minimum Gasteiger partial charge on any atom is -0.354 e. The fourth-order valence-corrected chi connectivity index (χ4v) is 3.50. The molecule has 2 heterocycles. The molecule has 3 rings (SSSR count). The Hall–Kier alpha value is -1.60. The van der Waals surface area contributed by atoms with Gasteiger partial charge in [-0.05, 0) is 42.7 Å². The molecule has 0 saturated carbocycles. The van der Waals surface area contributed by atoms with Crippen LogP contribution in [0, 0.1) is 11.3 Å². The molecule has 1 aliphatic heterocycles. The summed E-state index contributed by atoms with van der Waals surface area (Å²) in [6.45, 7) is 8.35. The van der Waals surface area contributed by atoms with E-state index in [4.69, 9.17) is 4.98 Å². The monoisotopic (exact) mass is 284 g/mol. The second-order valence-electron chi connectivity index (χ2n) is 6.36. The third kappa shape index (κ3) is 2.63. The summed E-state index contributed by atoms with van der Waals surface area (Å²) in [7, 11) is 0. The minimum absolute atomic E-state index is 0.300. The van der Waals surface area contributed by atoms with Crippen LogP contribution in [-0.2, 0) is 12.8 Å². The molecule has 0 amide bonds. The maximum Gasteiger partial charge on any atom is 0.132 e. The van der Waals surface area contributed by atoms with Crippen LogP contribution < -0.4 is 10.2 Å². The van der Waals surface area contributed by atoms with Gasteiger partial charge < -0.3 is 10.2 Å². The molecule has 0 unspecified atom stereocenters. The highest BCUT2D eigenvalue weighted by molar-refractivity contribution is 5.59. The Morgan fingerprint density at radius 1 is 1.14 bits per heavy atom. The average molecular weight is 284 g/mol. The summed E-state index contributed by atoms with van der Waals surface area (Å²) in [5.74, 6) is 1.46. The first kappa shape index (κ1) is 14.3. The number of fused-ring (bicyclic) bond motifs is 1. The SMILES string of the molecule is CC(C)c1nc(N2CCNCC2)c2c(c1C#N)CCCC2. The lowest BCUT2D eigenvalue weighted by Crippen LogP contribution is -2.44. The highest BCUT2D eigenvalue weighted by Gasteiger charge is 2.26. The van der Waals surface area contributed by atoms with Gasteiger partial charge in [0.05, 0.1) is 11.3 Å². The number of piperazine rings is 1. The molecule has 21 heavy (non-hydrogen) atoms.